The summed E-state index contributed by atoms with van der Waals surface area (Å²) in [5, 5.41) is 0. The summed E-state index contributed by atoms with van der Waals surface area (Å²) in [6.07, 6.45) is 1.95. The summed E-state index contributed by atoms with van der Waals surface area (Å²) in [5.41, 5.74) is 4.30. The number of hydrogen-bond acceptors (Lipinski definition) is 2. The molecule has 0 N–H and O–H groups in total. The molecule has 2 fully saturated rings. The third-order valence-corrected chi connectivity index (χ3v) is 7.67. The lowest BCUT2D eigenvalue weighted by atomic mass is 9.44. The Morgan fingerprint density at radius 3 is 1.41 bits per heavy atom. The normalized spacial score (nSPS) is 38.5. The van der Waals surface area contributed by atoms with Gasteiger partial charge in [-0.2, -0.15) is 0 Å². The fraction of sp³-hybridized carbons (Fsp3) is 0.600. The van der Waals surface area contributed by atoms with Crippen LogP contribution in [0.4, 0.5) is 0 Å². The van der Waals surface area contributed by atoms with Crippen molar-refractivity contribution in [3.63, 3.8) is 0 Å². The Morgan fingerprint density at radius 2 is 1.09 bits per heavy atom. The summed E-state index contributed by atoms with van der Waals surface area (Å²) in [4.78, 5) is 25.7. The molecule has 2 nitrogen and oxygen atoms in total. The molecule has 0 aliphatic heterocycles. The summed E-state index contributed by atoms with van der Waals surface area (Å²) in [6, 6.07) is 4.20. The number of ketones is 2. The van der Waals surface area contributed by atoms with E-state index < -0.39 is 0 Å². The van der Waals surface area contributed by atoms with Crippen molar-refractivity contribution in [1.82, 2.24) is 0 Å². The van der Waals surface area contributed by atoms with E-state index >= 15 is 0 Å². The predicted octanol–water partition coefficient (Wildman–Crippen LogP) is 4.34. The maximum absolute atomic E-state index is 12.8. The van der Waals surface area contributed by atoms with Gasteiger partial charge in [0.25, 0.3) is 0 Å². The molecule has 0 amide bonds. The molecule has 4 atom stereocenters. The monoisotopic (exact) mass is 294 g/mol. The third kappa shape index (κ3) is 1.15. The highest BCUT2D eigenvalue weighted by Gasteiger charge is 2.60. The first kappa shape index (κ1) is 13.0. The van der Waals surface area contributed by atoms with Crippen LogP contribution < -0.4 is 0 Å². The van der Waals surface area contributed by atoms with E-state index in [0.717, 1.165) is 35.1 Å². The van der Waals surface area contributed by atoms with Crippen LogP contribution in [0.2, 0.25) is 0 Å². The van der Waals surface area contributed by atoms with Gasteiger partial charge in [0.1, 0.15) is 0 Å². The minimum Gasteiger partial charge on any atom is -0.294 e. The Labute approximate surface area is 131 Å². The largest absolute Gasteiger partial charge is 0.294 e. The minimum absolute atomic E-state index is 0.0677. The number of Topliss-reactive ketones (excluding diaryl/α,β-unsaturated/α-hetero) is 2. The first-order valence-electron chi connectivity index (χ1n) is 8.51. The number of hydrogen-bond donors (Lipinski definition) is 0. The average molecular weight is 294 g/mol. The van der Waals surface area contributed by atoms with E-state index in [-0.39, 0.29) is 22.7 Å². The summed E-state index contributed by atoms with van der Waals surface area (Å²) in [5.74, 6) is 1.91. The van der Waals surface area contributed by atoms with Gasteiger partial charge < -0.3 is 0 Å². The van der Waals surface area contributed by atoms with E-state index in [1.165, 1.54) is 0 Å². The molecule has 0 aromatic heterocycles. The molecule has 1 aromatic rings. The van der Waals surface area contributed by atoms with Gasteiger partial charge in [-0.3, -0.25) is 9.59 Å². The fourth-order valence-electron chi connectivity index (χ4n) is 5.81. The number of benzene rings is 1. The van der Waals surface area contributed by atoms with Crippen molar-refractivity contribution in [3.8, 4) is 0 Å². The highest BCUT2D eigenvalue weighted by atomic mass is 16.1. The zero-order chi connectivity index (χ0) is 15.6. The van der Waals surface area contributed by atoms with Gasteiger partial charge in [-0.25, -0.2) is 0 Å². The molecule has 6 aliphatic carbocycles. The van der Waals surface area contributed by atoms with E-state index in [2.05, 4.69) is 39.8 Å². The molecule has 2 heteroatoms. The Balaban J connectivity index is 1.74. The smallest absolute Gasteiger partial charge is 0.166 e. The van der Waals surface area contributed by atoms with E-state index in [4.69, 9.17) is 0 Å². The van der Waals surface area contributed by atoms with E-state index in [9.17, 15) is 9.59 Å². The number of carbonyl (C=O) groups excluding carboxylic acids is 2. The summed E-state index contributed by atoms with van der Waals surface area (Å²) >= 11 is 0. The first-order chi connectivity index (χ1) is 10.2. The van der Waals surface area contributed by atoms with Crippen molar-refractivity contribution in [1.29, 1.82) is 0 Å². The quantitative estimate of drug-likeness (QED) is 0.713. The SMILES string of the molecule is CC1(C)[C@@H]2C[C@H]1C(=O)c1cc3c(cc12)C(=O)[C@@H]1C[C@H]3C1(C)C. The van der Waals surface area contributed by atoms with Gasteiger partial charge in [0.2, 0.25) is 0 Å². The predicted molar refractivity (Wildman–Crippen MR) is 84.4 cm³/mol. The molecule has 6 aliphatic rings. The van der Waals surface area contributed by atoms with E-state index in [0.29, 0.717) is 23.4 Å². The van der Waals surface area contributed by atoms with Crippen molar-refractivity contribution >= 4 is 11.6 Å². The van der Waals surface area contributed by atoms with Crippen LogP contribution in [0.1, 0.15) is 84.2 Å². The zero-order valence-corrected chi connectivity index (χ0v) is 13.7. The second-order valence-electron chi connectivity index (χ2n) is 9.08. The number of carbonyl (C=O) groups is 2. The molecule has 0 heterocycles. The van der Waals surface area contributed by atoms with Gasteiger partial charge >= 0.3 is 0 Å². The van der Waals surface area contributed by atoms with Gasteiger partial charge in [0, 0.05) is 23.0 Å². The molecule has 0 unspecified atom stereocenters. The van der Waals surface area contributed by atoms with Gasteiger partial charge in [0.15, 0.2) is 11.6 Å². The molecule has 0 saturated heterocycles. The summed E-state index contributed by atoms with van der Waals surface area (Å²) in [7, 11) is 0. The maximum Gasteiger partial charge on any atom is 0.166 e. The van der Waals surface area contributed by atoms with Crippen LogP contribution in [-0.4, -0.2) is 11.6 Å². The lowest BCUT2D eigenvalue weighted by Crippen LogP contribution is -2.54. The molecular formula is C20H22O2. The molecule has 0 radical (unpaired) electrons. The van der Waals surface area contributed by atoms with Crippen LogP contribution in [0.15, 0.2) is 12.1 Å². The van der Waals surface area contributed by atoms with Gasteiger partial charge in [0.05, 0.1) is 0 Å². The molecule has 1 aromatic carbocycles. The van der Waals surface area contributed by atoms with Crippen LogP contribution in [0.25, 0.3) is 0 Å². The standard InChI is InChI=1S/C20H22O2/c1-19(2)13-7-15(19)17(21)11-6-10-12(5-9(11)13)18(22)16-8-14(10)20(16,3)4/h5-6,13-16H,7-8H2,1-4H3/t13-,14-,15+,16+/m1/s1. The van der Waals surface area contributed by atoms with Crippen LogP contribution in [0.3, 0.4) is 0 Å². The molecule has 7 rings (SSSR count). The lowest BCUT2D eigenvalue weighted by Gasteiger charge is -2.58. The molecule has 22 heavy (non-hydrogen) atoms. The Morgan fingerprint density at radius 1 is 0.727 bits per heavy atom. The summed E-state index contributed by atoms with van der Waals surface area (Å²) in [6.45, 7) is 8.81. The molecule has 114 valence electrons. The van der Waals surface area contributed by atoms with Crippen molar-refractivity contribution < 1.29 is 9.59 Å². The Hall–Kier alpha value is -1.44. The average Bonchev–Trinajstić information content (AvgIpc) is 2.44. The number of rotatable bonds is 0. The maximum atomic E-state index is 12.8. The Kier molecular flexibility index (Phi) is 2.01. The lowest BCUT2D eigenvalue weighted by molar-refractivity contribution is 0.0162. The minimum atomic E-state index is 0.0677. The Bertz CT molecular complexity index is 702. The second-order valence-corrected chi connectivity index (χ2v) is 9.08. The van der Waals surface area contributed by atoms with E-state index in [1.807, 2.05) is 0 Å². The van der Waals surface area contributed by atoms with Crippen molar-refractivity contribution in [3.05, 3.63) is 34.4 Å². The summed E-state index contributed by atoms with van der Waals surface area (Å²) < 4.78 is 0. The molecular weight excluding hydrogens is 272 g/mol. The molecule has 0 spiro atoms. The fourth-order valence-corrected chi connectivity index (χ4v) is 5.81. The first-order valence-corrected chi connectivity index (χ1v) is 8.51. The van der Waals surface area contributed by atoms with Crippen molar-refractivity contribution in [2.24, 2.45) is 22.7 Å². The van der Waals surface area contributed by atoms with Crippen LogP contribution in [-0.2, 0) is 0 Å². The highest BCUT2D eigenvalue weighted by Crippen LogP contribution is 2.65. The highest BCUT2D eigenvalue weighted by molar-refractivity contribution is 6.07. The van der Waals surface area contributed by atoms with Gasteiger partial charge in [-0.15, -0.1) is 0 Å². The second kappa shape index (κ2) is 3.39. The van der Waals surface area contributed by atoms with Crippen LogP contribution in [0.5, 0.6) is 0 Å². The molecule has 2 saturated carbocycles. The van der Waals surface area contributed by atoms with Crippen LogP contribution in [0, 0.1) is 22.7 Å². The third-order valence-electron chi connectivity index (χ3n) is 7.67. The molecule has 4 bridgehead atoms. The van der Waals surface area contributed by atoms with Crippen molar-refractivity contribution in [2.45, 2.75) is 52.4 Å². The zero-order valence-electron chi connectivity index (χ0n) is 13.7. The van der Waals surface area contributed by atoms with Crippen molar-refractivity contribution in [2.75, 3.05) is 0 Å². The van der Waals surface area contributed by atoms with Crippen LogP contribution >= 0.6 is 0 Å². The topological polar surface area (TPSA) is 34.1 Å². The van der Waals surface area contributed by atoms with Gasteiger partial charge in [-0.05, 0) is 58.8 Å². The van der Waals surface area contributed by atoms with Gasteiger partial charge in [-0.1, -0.05) is 27.7 Å². The van der Waals surface area contributed by atoms with E-state index in [1.54, 1.807) is 0 Å².